The zero-order valence-corrected chi connectivity index (χ0v) is 19.2. The van der Waals surface area contributed by atoms with Crippen molar-refractivity contribution in [3.05, 3.63) is 74.2 Å². The maximum absolute atomic E-state index is 13.0. The van der Waals surface area contributed by atoms with Crippen LogP contribution in [0.5, 0.6) is 0 Å². The number of aryl methyl sites for hydroxylation is 2. The van der Waals surface area contributed by atoms with Crippen LogP contribution in [-0.4, -0.2) is 30.9 Å². The summed E-state index contributed by atoms with van der Waals surface area (Å²) in [5.41, 5.74) is 2.27. The topological polar surface area (TPSA) is 90.9 Å². The minimum absolute atomic E-state index is 0.0721. The molecule has 0 aliphatic heterocycles. The molecule has 4 aromatic rings. The van der Waals surface area contributed by atoms with Gasteiger partial charge in [-0.3, -0.25) is 18.7 Å². The quantitative estimate of drug-likeness (QED) is 0.488. The van der Waals surface area contributed by atoms with E-state index in [1.165, 1.54) is 15.3 Å². The van der Waals surface area contributed by atoms with Crippen LogP contribution in [0.15, 0.2) is 57.4 Å². The van der Waals surface area contributed by atoms with Gasteiger partial charge in [-0.05, 0) is 41.6 Å². The van der Waals surface area contributed by atoms with E-state index in [4.69, 9.17) is 0 Å². The molecule has 3 heterocycles. The number of amides is 1. The lowest BCUT2D eigenvalue weighted by atomic mass is 10.0. The van der Waals surface area contributed by atoms with Crippen LogP contribution in [0.4, 0.5) is 0 Å². The molecule has 0 bridgehead atoms. The number of aromatic nitrogens is 4. The first kappa shape index (κ1) is 21.8. The molecule has 0 spiro atoms. The highest BCUT2D eigenvalue weighted by atomic mass is 32.1. The molecular formula is C23H25N5O3S. The average Bonchev–Trinajstić information content (AvgIpc) is 3.39. The summed E-state index contributed by atoms with van der Waals surface area (Å²) in [6, 6.07) is 12.0. The van der Waals surface area contributed by atoms with Gasteiger partial charge < -0.3 is 5.32 Å². The Morgan fingerprint density at radius 2 is 1.81 bits per heavy atom. The van der Waals surface area contributed by atoms with Gasteiger partial charge in [0.25, 0.3) is 11.5 Å². The highest BCUT2D eigenvalue weighted by Gasteiger charge is 2.20. The summed E-state index contributed by atoms with van der Waals surface area (Å²) >= 11 is 1.55. The number of fused-ring (bicyclic) bond motifs is 1. The highest BCUT2D eigenvalue weighted by molar-refractivity contribution is 7.13. The fourth-order valence-electron chi connectivity index (χ4n) is 3.64. The Morgan fingerprint density at radius 1 is 1.06 bits per heavy atom. The lowest BCUT2D eigenvalue weighted by molar-refractivity contribution is 0.0919. The second-order valence-electron chi connectivity index (χ2n) is 8.14. The van der Waals surface area contributed by atoms with Gasteiger partial charge in [0.05, 0.1) is 28.5 Å². The molecule has 3 aromatic heterocycles. The van der Waals surface area contributed by atoms with E-state index in [1.807, 2.05) is 31.4 Å². The van der Waals surface area contributed by atoms with Gasteiger partial charge >= 0.3 is 5.69 Å². The molecule has 9 heteroatoms. The molecule has 1 atom stereocenters. The molecule has 4 rings (SSSR count). The molecule has 1 aromatic carbocycles. The number of carbonyl (C=O) groups excluding carboxylic acids is 1. The fourth-order valence-corrected chi connectivity index (χ4v) is 4.34. The molecule has 32 heavy (non-hydrogen) atoms. The van der Waals surface area contributed by atoms with Crippen molar-refractivity contribution in [3.63, 3.8) is 0 Å². The third kappa shape index (κ3) is 4.03. The molecule has 166 valence electrons. The summed E-state index contributed by atoms with van der Waals surface area (Å²) in [7, 11) is 3.39. The van der Waals surface area contributed by atoms with E-state index in [9.17, 15) is 14.4 Å². The zero-order chi connectivity index (χ0) is 23.0. The fraction of sp³-hybridized carbons (Fsp3) is 0.304. The van der Waals surface area contributed by atoms with E-state index in [0.717, 1.165) is 16.1 Å². The molecule has 0 aliphatic carbocycles. The van der Waals surface area contributed by atoms with Crippen LogP contribution in [0.3, 0.4) is 0 Å². The Morgan fingerprint density at radius 3 is 2.50 bits per heavy atom. The van der Waals surface area contributed by atoms with Crippen molar-refractivity contribution < 1.29 is 4.79 Å². The standard InChI is InChI=1S/C23H25N5O3S/c1-14(2)17(13-28-21(29)10-8-16(25-28)20-6-5-11-32-20)24-22(30)15-7-9-18-19(12-15)27(4)23(31)26(18)3/h5-12,14,17H,13H2,1-4H3,(H,24,30)/t17-/m1/s1. The maximum atomic E-state index is 13.0. The predicted molar refractivity (Wildman–Crippen MR) is 126 cm³/mol. The van der Waals surface area contributed by atoms with E-state index in [-0.39, 0.29) is 35.7 Å². The SMILES string of the molecule is CC(C)[C@@H](Cn1nc(-c2cccs2)ccc1=O)NC(=O)c1ccc2c(c1)n(C)c(=O)n2C. The first-order valence-electron chi connectivity index (χ1n) is 10.3. The minimum atomic E-state index is -0.304. The van der Waals surface area contributed by atoms with Crippen molar-refractivity contribution >= 4 is 28.3 Å². The number of rotatable bonds is 6. The normalized spacial score (nSPS) is 12.4. The Kier molecular flexibility index (Phi) is 5.84. The number of nitrogens with zero attached hydrogens (tertiary/aromatic N) is 4. The maximum Gasteiger partial charge on any atom is 0.328 e. The first-order chi connectivity index (χ1) is 15.3. The number of hydrogen-bond acceptors (Lipinski definition) is 5. The Labute approximate surface area is 188 Å². The number of imidazole rings is 1. The van der Waals surface area contributed by atoms with E-state index in [1.54, 1.807) is 54.3 Å². The van der Waals surface area contributed by atoms with Crippen molar-refractivity contribution in [2.75, 3.05) is 0 Å². The van der Waals surface area contributed by atoms with Crippen LogP contribution >= 0.6 is 11.3 Å². The van der Waals surface area contributed by atoms with Crippen molar-refractivity contribution in [2.45, 2.75) is 26.4 Å². The summed E-state index contributed by atoms with van der Waals surface area (Å²) in [6.07, 6.45) is 0. The molecule has 0 aliphatic rings. The van der Waals surface area contributed by atoms with E-state index in [0.29, 0.717) is 11.1 Å². The van der Waals surface area contributed by atoms with Gasteiger partial charge in [0.1, 0.15) is 5.69 Å². The Hall–Kier alpha value is -3.46. The summed E-state index contributed by atoms with van der Waals surface area (Å²) in [4.78, 5) is 38.6. The molecule has 8 nitrogen and oxygen atoms in total. The molecule has 0 saturated heterocycles. The number of thiophene rings is 1. The zero-order valence-electron chi connectivity index (χ0n) is 18.4. The summed E-state index contributed by atoms with van der Waals surface area (Å²) < 4.78 is 4.47. The van der Waals surface area contributed by atoms with Gasteiger partial charge in [-0.1, -0.05) is 19.9 Å². The first-order valence-corrected chi connectivity index (χ1v) is 11.2. The molecule has 1 amide bonds. The molecule has 0 fully saturated rings. The van der Waals surface area contributed by atoms with Crippen LogP contribution in [-0.2, 0) is 20.6 Å². The summed E-state index contributed by atoms with van der Waals surface area (Å²) in [5, 5.41) is 9.50. The predicted octanol–water partition coefficient (Wildman–Crippen LogP) is 2.62. The van der Waals surface area contributed by atoms with Crippen molar-refractivity contribution in [1.82, 2.24) is 24.2 Å². The van der Waals surface area contributed by atoms with Gasteiger partial charge in [0, 0.05) is 25.7 Å². The second kappa shape index (κ2) is 8.58. The van der Waals surface area contributed by atoms with Crippen molar-refractivity contribution in [3.8, 4) is 10.6 Å². The Bertz CT molecular complexity index is 1400. The van der Waals surface area contributed by atoms with E-state index >= 15 is 0 Å². The van der Waals surface area contributed by atoms with Crippen LogP contribution in [0.1, 0.15) is 24.2 Å². The van der Waals surface area contributed by atoms with Gasteiger partial charge in [0.15, 0.2) is 0 Å². The smallest absolute Gasteiger partial charge is 0.328 e. The van der Waals surface area contributed by atoms with Crippen LogP contribution in [0, 0.1) is 5.92 Å². The van der Waals surface area contributed by atoms with Crippen LogP contribution in [0.25, 0.3) is 21.6 Å². The van der Waals surface area contributed by atoms with Crippen LogP contribution < -0.4 is 16.6 Å². The number of nitrogens with one attached hydrogen (secondary N) is 1. The number of hydrogen-bond donors (Lipinski definition) is 1. The molecule has 0 saturated carbocycles. The van der Waals surface area contributed by atoms with Crippen molar-refractivity contribution in [2.24, 2.45) is 20.0 Å². The molecule has 1 N–H and O–H groups in total. The number of benzene rings is 1. The third-order valence-electron chi connectivity index (χ3n) is 5.67. The lowest BCUT2D eigenvalue weighted by Gasteiger charge is -2.23. The third-order valence-corrected chi connectivity index (χ3v) is 6.56. The monoisotopic (exact) mass is 451 g/mol. The summed E-state index contributed by atoms with van der Waals surface area (Å²) in [6.45, 7) is 4.24. The van der Waals surface area contributed by atoms with Gasteiger partial charge in [0.2, 0.25) is 0 Å². The summed E-state index contributed by atoms with van der Waals surface area (Å²) in [5.74, 6) is -0.188. The van der Waals surface area contributed by atoms with Gasteiger partial charge in [-0.2, -0.15) is 5.10 Å². The van der Waals surface area contributed by atoms with Gasteiger partial charge in [-0.15, -0.1) is 11.3 Å². The molecule has 0 radical (unpaired) electrons. The second-order valence-corrected chi connectivity index (χ2v) is 9.09. The van der Waals surface area contributed by atoms with Crippen molar-refractivity contribution in [1.29, 1.82) is 0 Å². The minimum Gasteiger partial charge on any atom is -0.347 e. The van der Waals surface area contributed by atoms with Gasteiger partial charge in [-0.25, -0.2) is 9.48 Å². The van der Waals surface area contributed by atoms with Crippen LogP contribution in [0.2, 0.25) is 0 Å². The highest BCUT2D eigenvalue weighted by Crippen LogP contribution is 2.21. The number of carbonyl (C=O) groups is 1. The largest absolute Gasteiger partial charge is 0.347 e. The van der Waals surface area contributed by atoms with E-state index < -0.39 is 0 Å². The Balaban J connectivity index is 1.59. The van der Waals surface area contributed by atoms with E-state index in [2.05, 4.69) is 10.4 Å². The lowest BCUT2D eigenvalue weighted by Crippen LogP contribution is -2.44. The average molecular weight is 452 g/mol. The molecular weight excluding hydrogens is 426 g/mol. The molecule has 0 unspecified atom stereocenters.